The van der Waals surface area contributed by atoms with Gasteiger partial charge in [0, 0.05) is 6.08 Å². The van der Waals surface area contributed by atoms with Gasteiger partial charge >= 0.3 is 11.9 Å². The number of hydrogen-bond donors (Lipinski definition) is 1. The monoisotopic (exact) mass is 673 g/mol. The van der Waals surface area contributed by atoms with E-state index in [1.54, 1.807) is 0 Å². The van der Waals surface area contributed by atoms with Crippen molar-refractivity contribution in [3.63, 3.8) is 0 Å². The Balaban J connectivity index is 0.00000177. The van der Waals surface area contributed by atoms with E-state index in [9.17, 15) is 14.7 Å². The van der Waals surface area contributed by atoms with E-state index >= 15 is 0 Å². The van der Waals surface area contributed by atoms with E-state index in [2.05, 4.69) is 65.5 Å². The number of allylic oxidation sites excluding steroid dienone is 4. The minimum Gasteiger partial charge on any atom is -0.478 e. The van der Waals surface area contributed by atoms with Crippen LogP contribution in [0.25, 0.3) is 5.57 Å². The van der Waals surface area contributed by atoms with Crippen LogP contribution in [0.2, 0.25) is 0 Å². The summed E-state index contributed by atoms with van der Waals surface area (Å²) in [6.45, 7) is 26.6. The molecule has 4 fully saturated rings. The summed E-state index contributed by atoms with van der Waals surface area (Å²) in [6.07, 6.45) is 16.8. The SMILES string of the molecule is C.C=C(C)[C@@H]1CCC2(/C=C/C(=O)O)CC[C@]3(C)C(CCC4C3CCC3C(C)(C)C(c5ccc(C(=O)OC(C)(C)C)cc5)=CCC43C)C12.CC. The van der Waals surface area contributed by atoms with Gasteiger partial charge in [0.1, 0.15) is 5.60 Å². The number of benzene rings is 1. The second-order valence-electron chi connectivity index (χ2n) is 18.1. The normalized spacial score (nSPS) is 37.5. The van der Waals surface area contributed by atoms with Gasteiger partial charge in [-0.2, -0.15) is 0 Å². The molecule has 0 spiro atoms. The molecule has 272 valence electrons. The Morgan fingerprint density at radius 3 is 2.06 bits per heavy atom. The van der Waals surface area contributed by atoms with Gasteiger partial charge in [0.25, 0.3) is 0 Å². The Labute approximate surface area is 299 Å². The van der Waals surface area contributed by atoms with Crippen molar-refractivity contribution in [1.29, 1.82) is 0 Å². The molecule has 4 nitrogen and oxygen atoms in total. The quantitative estimate of drug-likeness (QED) is 0.192. The van der Waals surface area contributed by atoms with Crippen molar-refractivity contribution < 1.29 is 19.4 Å². The molecule has 1 aromatic carbocycles. The molecule has 7 unspecified atom stereocenters. The van der Waals surface area contributed by atoms with Gasteiger partial charge < -0.3 is 9.84 Å². The number of carboxylic acid groups (broad SMARTS) is 1. The predicted octanol–water partition coefficient (Wildman–Crippen LogP) is 12.2. The molecule has 0 aromatic heterocycles. The highest BCUT2D eigenvalue weighted by molar-refractivity contribution is 5.90. The molecule has 6 rings (SSSR count). The fourth-order valence-electron chi connectivity index (χ4n) is 12.4. The van der Waals surface area contributed by atoms with E-state index in [4.69, 9.17) is 4.74 Å². The lowest BCUT2D eigenvalue weighted by Gasteiger charge is -2.68. The van der Waals surface area contributed by atoms with Crippen LogP contribution in [-0.2, 0) is 9.53 Å². The highest BCUT2D eigenvalue weighted by Gasteiger charge is 2.66. The zero-order valence-electron chi connectivity index (χ0n) is 31.7. The molecule has 5 aliphatic rings. The van der Waals surface area contributed by atoms with E-state index in [-0.39, 0.29) is 35.1 Å². The molecule has 1 aromatic rings. The molecule has 49 heavy (non-hydrogen) atoms. The van der Waals surface area contributed by atoms with Crippen LogP contribution in [0.1, 0.15) is 150 Å². The van der Waals surface area contributed by atoms with Crippen LogP contribution in [0.4, 0.5) is 0 Å². The average molecular weight is 673 g/mol. The summed E-state index contributed by atoms with van der Waals surface area (Å²) in [6, 6.07) is 8.12. The van der Waals surface area contributed by atoms with Crippen molar-refractivity contribution in [2.75, 3.05) is 0 Å². The van der Waals surface area contributed by atoms with Crippen molar-refractivity contribution in [3.8, 4) is 0 Å². The summed E-state index contributed by atoms with van der Waals surface area (Å²) >= 11 is 0. The molecular formula is C45H68O4. The molecule has 0 amide bonds. The third-order valence-electron chi connectivity index (χ3n) is 14.3. The Bertz CT molecular complexity index is 1460. The highest BCUT2D eigenvalue weighted by Crippen LogP contribution is 2.74. The van der Waals surface area contributed by atoms with Gasteiger partial charge in [0.15, 0.2) is 0 Å². The first kappa shape index (κ1) is 39.2. The number of hydrogen-bond acceptors (Lipinski definition) is 3. The molecule has 0 aliphatic heterocycles. The maximum Gasteiger partial charge on any atom is 0.338 e. The average Bonchev–Trinajstić information content (AvgIpc) is 3.40. The maximum atomic E-state index is 12.7. The van der Waals surface area contributed by atoms with E-state index in [1.165, 1.54) is 54.9 Å². The molecule has 4 saturated carbocycles. The molecule has 0 heterocycles. The summed E-state index contributed by atoms with van der Waals surface area (Å²) in [7, 11) is 0. The van der Waals surface area contributed by atoms with Crippen LogP contribution in [0.15, 0.2) is 54.6 Å². The van der Waals surface area contributed by atoms with Gasteiger partial charge in [0.05, 0.1) is 5.56 Å². The number of carboxylic acids is 1. The summed E-state index contributed by atoms with van der Waals surface area (Å²) in [4.78, 5) is 24.4. The van der Waals surface area contributed by atoms with Crippen LogP contribution in [0.5, 0.6) is 0 Å². The van der Waals surface area contributed by atoms with Crippen LogP contribution < -0.4 is 0 Å². The largest absolute Gasteiger partial charge is 0.478 e. The molecule has 1 N–H and O–H groups in total. The molecule has 5 aliphatic carbocycles. The zero-order chi connectivity index (χ0) is 35.4. The lowest BCUT2D eigenvalue weighted by molar-refractivity contribution is -0.170. The second kappa shape index (κ2) is 13.8. The van der Waals surface area contributed by atoms with E-state index in [0.717, 1.165) is 25.7 Å². The van der Waals surface area contributed by atoms with Crippen molar-refractivity contribution in [2.45, 2.75) is 140 Å². The zero-order valence-corrected chi connectivity index (χ0v) is 31.7. The Morgan fingerprint density at radius 2 is 1.47 bits per heavy atom. The highest BCUT2D eigenvalue weighted by atomic mass is 16.6. The van der Waals surface area contributed by atoms with Gasteiger partial charge in [-0.3, -0.25) is 0 Å². The van der Waals surface area contributed by atoms with E-state index < -0.39 is 11.6 Å². The Morgan fingerprint density at radius 1 is 0.878 bits per heavy atom. The minimum absolute atomic E-state index is 0. The minimum atomic E-state index is -0.818. The number of carbonyl (C=O) groups excluding carboxylic acids is 1. The van der Waals surface area contributed by atoms with E-state index in [1.807, 2.05) is 46.8 Å². The molecule has 0 saturated heterocycles. The fourth-order valence-corrected chi connectivity index (χ4v) is 12.4. The number of fused-ring (bicyclic) bond motifs is 7. The molecule has 9 atom stereocenters. The summed E-state index contributed by atoms with van der Waals surface area (Å²) < 4.78 is 5.61. The molecule has 4 heteroatoms. The van der Waals surface area contributed by atoms with Crippen molar-refractivity contribution in [1.82, 2.24) is 0 Å². The lowest BCUT2D eigenvalue weighted by atomic mass is 9.37. The van der Waals surface area contributed by atoms with Gasteiger partial charge in [-0.15, -0.1) is 0 Å². The summed E-state index contributed by atoms with van der Waals surface area (Å²) in [5.74, 6) is 2.54. The number of aliphatic carboxylic acids is 1. The van der Waals surface area contributed by atoms with Crippen LogP contribution in [0, 0.1) is 57.2 Å². The van der Waals surface area contributed by atoms with Gasteiger partial charge in [-0.05, 0) is 166 Å². The Hall–Kier alpha value is -2.62. The summed E-state index contributed by atoms with van der Waals surface area (Å²) in [5, 5.41) is 9.59. The van der Waals surface area contributed by atoms with Gasteiger partial charge in [0.2, 0.25) is 0 Å². The topological polar surface area (TPSA) is 63.6 Å². The van der Waals surface area contributed by atoms with Crippen molar-refractivity contribution >= 4 is 17.5 Å². The third-order valence-corrected chi connectivity index (χ3v) is 14.3. The lowest BCUT2D eigenvalue weighted by Crippen LogP contribution is -2.60. The number of esters is 1. The Kier molecular flexibility index (Phi) is 11.1. The summed E-state index contributed by atoms with van der Waals surface area (Å²) in [5.41, 5.74) is 4.61. The van der Waals surface area contributed by atoms with Crippen LogP contribution in [-0.4, -0.2) is 22.6 Å². The standard InChI is InChI=1S/C42H58O4.C2H6.CH4/c1-26(2)29-18-22-42(23-20-35(43)44)25-24-40(8)31-16-17-34-39(6,7)30(19-21-41(34,9)32(31)14-15-33(40)36(29)42)27-10-12-28(13-11-27)37(45)46-38(3,4)5;1-2;/h10-13,19-20,23,29,31-34,36H,1,14-18,21-22,24-25H2,2-9H3,(H,43,44);1-2H3;1H4/b23-20+;;/t29-,31?,32?,33?,34?,36?,40-,41?,42?;;/m0../s1. The number of ether oxygens (including phenoxy) is 1. The first-order chi connectivity index (χ1) is 22.4. The van der Waals surface area contributed by atoms with Gasteiger partial charge in [-0.25, -0.2) is 9.59 Å². The molecule has 0 radical (unpaired) electrons. The molecule has 0 bridgehead atoms. The second-order valence-corrected chi connectivity index (χ2v) is 18.1. The predicted molar refractivity (Wildman–Crippen MR) is 204 cm³/mol. The number of rotatable bonds is 5. The van der Waals surface area contributed by atoms with Crippen molar-refractivity contribution in [3.05, 3.63) is 65.8 Å². The third kappa shape index (κ3) is 6.64. The van der Waals surface area contributed by atoms with E-state index in [0.29, 0.717) is 41.1 Å². The smallest absolute Gasteiger partial charge is 0.338 e. The first-order valence-electron chi connectivity index (χ1n) is 19.0. The molecular weight excluding hydrogens is 604 g/mol. The van der Waals surface area contributed by atoms with Gasteiger partial charge in [-0.1, -0.05) is 85.4 Å². The van der Waals surface area contributed by atoms with Crippen LogP contribution in [0.3, 0.4) is 0 Å². The van der Waals surface area contributed by atoms with Crippen LogP contribution >= 0.6 is 0 Å². The fraction of sp³-hybridized carbons (Fsp3) is 0.689. The van der Waals surface area contributed by atoms with Crippen molar-refractivity contribution in [2.24, 2.45) is 57.2 Å². The first-order valence-corrected chi connectivity index (χ1v) is 19.0. The number of carbonyl (C=O) groups is 2. The maximum absolute atomic E-state index is 12.7.